The maximum absolute atomic E-state index is 13.5. The number of rotatable bonds is 4. The molecule has 12 heteroatoms. The zero-order valence-corrected chi connectivity index (χ0v) is 20.4. The molecule has 0 aromatic heterocycles. The van der Waals surface area contributed by atoms with Crippen molar-refractivity contribution in [2.24, 2.45) is 17.8 Å². The van der Waals surface area contributed by atoms with E-state index in [4.69, 9.17) is 4.74 Å². The molecule has 4 nitrogen and oxygen atoms in total. The van der Waals surface area contributed by atoms with Gasteiger partial charge in [-0.05, 0) is 0 Å². The Morgan fingerprint density at radius 2 is 1.57 bits per heavy atom. The van der Waals surface area contributed by atoms with E-state index < -0.39 is 51.2 Å². The fraction of sp³-hybridized carbons (Fsp3) is 0.944. The van der Waals surface area contributed by atoms with Gasteiger partial charge in [0.25, 0.3) is 0 Å². The number of carbonyl (C=O) groups excluding carboxylic acids is 1. The van der Waals surface area contributed by atoms with Gasteiger partial charge in [0, 0.05) is 0 Å². The first-order valence-corrected chi connectivity index (χ1v) is 13.5. The van der Waals surface area contributed by atoms with Gasteiger partial charge >= 0.3 is 196 Å². The molecule has 0 aromatic carbocycles. The Morgan fingerprint density at radius 3 is 2.07 bits per heavy atom. The van der Waals surface area contributed by atoms with Crippen LogP contribution in [0.5, 0.6) is 0 Å². The number of fused-ring (bicyclic) bond motifs is 1. The first-order valence-electron chi connectivity index (χ1n) is 9.80. The molecule has 0 spiro atoms. The molecule has 6 atom stereocenters. The second kappa shape index (κ2) is 8.65. The van der Waals surface area contributed by atoms with Crippen molar-refractivity contribution in [3.63, 3.8) is 0 Å². The molecular weight excluding hydrogens is 646 g/mol. The SMILES string of the molecule is CC(I)(C(=O)OC1CCCC2C1CCCC2C(O)(C(F)(F)F)C(F)(F)F)C1C[I-]N1. The van der Waals surface area contributed by atoms with Gasteiger partial charge in [-0.1, -0.05) is 0 Å². The predicted octanol–water partition coefficient (Wildman–Crippen LogP) is 1.14. The van der Waals surface area contributed by atoms with E-state index in [1.165, 1.54) is 0 Å². The number of esters is 1. The Labute approximate surface area is 195 Å². The van der Waals surface area contributed by atoms with Crippen LogP contribution in [0.3, 0.4) is 0 Å². The zero-order chi connectivity index (χ0) is 22.5. The number of ether oxygens (including phenoxy) is 1. The monoisotopic (exact) mass is 670 g/mol. The van der Waals surface area contributed by atoms with Gasteiger partial charge in [0.2, 0.25) is 0 Å². The fourth-order valence-corrected chi connectivity index (χ4v) is 9.31. The molecule has 6 unspecified atom stereocenters. The third kappa shape index (κ3) is 4.31. The van der Waals surface area contributed by atoms with Gasteiger partial charge in [0.05, 0.1) is 0 Å². The van der Waals surface area contributed by atoms with Gasteiger partial charge in [-0.2, -0.15) is 0 Å². The normalized spacial score (nSPS) is 35.3. The molecule has 2 N–H and O–H groups in total. The van der Waals surface area contributed by atoms with Crippen molar-refractivity contribution in [3.05, 3.63) is 0 Å². The van der Waals surface area contributed by atoms with Crippen molar-refractivity contribution in [3.8, 4) is 0 Å². The van der Waals surface area contributed by atoms with Gasteiger partial charge < -0.3 is 0 Å². The Hall–Kier alpha value is 0.430. The molecule has 3 aliphatic rings. The molecule has 2 saturated carbocycles. The molecule has 1 aliphatic heterocycles. The van der Waals surface area contributed by atoms with E-state index in [9.17, 15) is 36.2 Å². The molecule has 3 fully saturated rings. The van der Waals surface area contributed by atoms with E-state index in [2.05, 4.69) is 3.53 Å². The van der Waals surface area contributed by atoms with E-state index in [0.717, 1.165) is 4.43 Å². The molecule has 1 saturated heterocycles. The van der Waals surface area contributed by atoms with Gasteiger partial charge in [-0.3, -0.25) is 0 Å². The maximum atomic E-state index is 13.5. The van der Waals surface area contributed by atoms with Gasteiger partial charge in [-0.25, -0.2) is 0 Å². The summed E-state index contributed by atoms with van der Waals surface area (Å²) >= 11 is 1.88. The molecule has 0 radical (unpaired) electrons. The van der Waals surface area contributed by atoms with Crippen LogP contribution in [0.2, 0.25) is 0 Å². The summed E-state index contributed by atoms with van der Waals surface area (Å²) in [4.78, 5) is 12.8. The summed E-state index contributed by atoms with van der Waals surface area (Å²) in [5.41, 5.74) is -4.76. The summed E-state index contributed by atoms with van der Waals surface area (Å²) in [5.74, 6) is -4.11. The topological polar surface area (TPSA) is 58.6 Å². The van der Waals surface area contributed by atoms with Crippen LogP contribution in [0.25, 0.3) is 0 Å². The average molecular weight is 670 g/mol. The van der Waals surface area contributed by atoms with E-state index in [-0.39, 0.29) is 46.8 Å². The van der Waals surface area contributed by atoms with Crippen LogP contribution in [0, 0.1) is 17.8 Å². The molecule has 0 bridgehead atoms. The van der Waals surface area contributed by atoms with E-state index in [1.54, 1.807) is 6.92 Å². The minimum absolute atomic E-state index is 0.0301. The van der Waals surface area contributed by atoms with Crippen molar-refractivity contribution >= 4 is 28.6 Å². The summed E-state index contributed by atoms with van der Waals surface area (Å²) in [6.45, 7) is 1.73. The quantitative estimate of drug-likeness (QED) is 0.155. The van der Waals surface area contributed by atoms with Crippen molar-refractivity contribution < 1.29 is 62.5 Å². The number of nitrogens with one attached hydrogen (secondary N) is 1. The van der Waals surface area contributed by atoms with Crippen LogP contribution in [0.4, 0.5) is 26.3 Å². The number of halogens is 8. The van der Waals surface area contributed by atoms with Crippen molar-refractivity contribution in [1.29, 1.82) is 0 Å². The van der Waals surface area contributed by atoms with Crippen molar-refractivity contribution in [2.75, 3.05) is 4.43 Å². The third-order valence-electron chi connectivity index (χ3n) is 6.78. The predicted molar refractivity (Wildman–Crippen MR) is 99.3 cm³/mol. The van der Waals surface area contributed by atoms with Gasteiger partial charge in [0.15, 0.2) is 0 Å². The first kappa shape index (κ1) is 25.1. The van der Waals surface area contributed by atoms with E-state index in [0.29, 0.717) is 19.3 Å². The van der Waals surface area contributed by atoms with Crippen LogP contribution < -0.4 is 25.0 Å². The molecule has 0 amide bonds. The van der Waals surface area contributed by atoms with E-state index >= 15 is 0 Å². The van der Waals surface area contributed by atoms with Crippen LogP contribution in [0.15, 0.2) is 0 Å². The Morgan fingerprint density at radius 1 is 1.03 bits per heavy atom. The standard InChI is InChI=1S/C18H24F6I2NO3/c1-15(25,13-8-26-27-13)14(28)30-12-7-3-4-9-10(12)5-2-6-11(9)16(29,17(19,20)21)18(22,23)24/h9-13,27,29H,2-8H2,1H3/q-1. The first-order chi connectivity index (χ1) is 13.7. The Bertz CT molecular complexity index is 639. The van der Waals surface area contributed by atoms with Gasteiger partial charge in [-0.15, -0.1) is 0 Å². The number of aliphatic hydroxyl groups is 1. The van der Waals surface area contributed by atoms with Crippen molar-refractivity contribution in [2.45, 2.75) is 79.0 Å². The molecule has 1 heterocycles. The summed E-state index contributed by atoms with van der Waals surface area (Å²) in [7, 11) is 0. The molecule has 0 aromatic rings. The zero-order valence-electron chi connectivity index (χ0n) is 16.1. The molecule has 30 heavy (non-hydrogen) atoms. The van der Waals surface area contributed by atoms with Crippen LogP contribution in [0.1, 0.15) is 45.4 Å². The number of alkyl halides is 8. The molecule has 2 aliphatic carbocycles. The van der Waals surface area contributed by atoms with Crippen LogP contribution >= 0.6 is 22.6 Å². The number of hydrogen-bond donors (Lipinski definition) is 2. The molecular formula is C18H24F6I2NO3-. The van der Waals surface area contributed by atoms with Crippen LogP contribution in [-0.4, -0.2) is 49.0 Å². The number of hydrogen-bond acceptors (Lipinski definition) is 4. The third-order valence-corrected chi connectivity index (χ3v) is 10.5. The van der Waals surface area contributed by atoms with Gasteiger partial charge in [0.1, 0.15) is 0 Å². The Kier molecular flexibility index (Phi) is 7.23. The fourth-order valence-electron chi connectivity index (χ4n) is 4.99. The summed E-state index contributed by atoms with van der Waals surface area (Å²) in [6.07, 6.45) is -11.3. The summed E-state index contributed by atoms with van der Waals surface area (Å²) in [6, 6.07) is -0.0301. The van der Waals surface area contributed by atoms with E-state index in [1.807, 2.05) is 22.6 Å². The minimum atomic E-state index is -5.83. The summed E-state index contributed by atoms with van der Waals surface area (Å²) < 4.78 is 89.9. The van der Waals surface area contributed by atoms with Crippen LogP contribution in [-0.2, 0) is 9.53 Å². The second-order valence-corrected chi connectivity index (χ2v) is 13.0. The second-order valence-electron chi connectivity index (χ2n) is 8.53. The molecule has 176 valence electrons. The summed E-state index contributed by atoms with van der Waals surface area (Å²) in [5, 5.41) is 9.99. The number of carbonyl (C=O) groups is 1. The Balaban J connectivity index is 1.82. The molecule has 3 rings (SSSR count). The average Bonchev–Trinajstić information content (AvgIpc) is 2.57. The van der Waals surface area contributed by atoms with Crippen molar-refractivity contribution in [1.82, 2.24) is 3.53 Å².